The van der Waals surface area contributed by atoms with E-state index in [2.05, 4.69) is 26.8 Å². The molecule has 1 aromatic carbocycles. The molecule has 3 fully saturated rings. The van der Waals surface area contributed by atoms with E-state index in [-0.39, 0.29) is 24.6 Å². The van der Waals surface area contributed by atoms with Crippen LogP contribution in [0.2, 0.25) is 0 Å². The van der Waals surface area contributed by atoms with Crippen LogP contribution >= 0.6 is 0 Å². The van der Waals surface area contributed by atoms with Crippen molar-refractivity contribution in [1.82, 2.24) is 19.9 Å². The number of benzene rings is 1. The summed E-state index contributed by atoms with van der Waals surface area (Å²) in [5.74, 6) is -0.101. The van der Waals surface area contributed by atoms with Crippen molar-refractivity contribution < 1.29 is 31.1 Å². The monoisotopic (exact) mass is 687 g/mol. The maximum atomic E-state index is 13.1. The van der Waals surface area contributed by atoms with Gasteiger partial charge in [0.05, 0.1) is 17.9 Å². The summed E-state index contributed by atoms with van der Waals surface area (Å²) in [6, 6.07) is 6.86. The van der Waals surface area contributed by atoms with Crippen molar-refractivity contribution in [3.05, 3.63) is 54.9 Å². The number of carbonyl (C=O) groups is 1. The second-order valence-corrected chi connectivity index (χ2v) is 14.7. The minimum Gasteiger partial charge on any atom is -0.381 e. The number of hydrogen-bond acceptors (Lipinski definition) is 10. The van der Waals surface area contributed by atoms with Gasteiger partial charge in [0.1, 0.15) is 11.6 Å². The number of pyridine rings is 1. The van der Waals surface area contributed by atoms with Gasteiger partial charge >= 0.3 is 5.51 Å². The number of likely N-dealkylation sites (tertiary alicyclic amines) is 1. The van der Waals surface area contributed by atoms with E-state index in [1.807, 2.05) is 28.0 Å². The van der Waals surface area contributed by atoms with Gasteiger partial charge in [0.15, 0.2) is 0 Å². The van der Waals surface area contributed by atoms with Crippen molar-refractivity contribution in [3.8, 4) is 0 Å². The highest BCUT2D eigenvalue weighted by atomic mass is 32.2. The number of halogens is 3. The minimum atomic E-state index is -5.28. The summed E-state index contributed by atoms with van der Waals surface area (Å²) < 4.78 is 68.6. The van der Waals surface area contributed by atoms with Gasteiger partial charge in [-0.25, -0.2) is 18.4 Å². The Labute approximate surface area is 278 Å². The number of rotatable bonds is 9. The molecule has 11 nitrogen and oxygen atoms in total. The van der Waals surface area contributed by atoms with Crippen molar-refractivity contribution in [2.24, 2.45) is 5.92 Å². The Morgan fingerprint density at radius 3 is 2.54 bits per heavy atom. The van der Waals surface area contributed by atoms with E-state index in [4.69, 9.17) is 9.72 Å². The van der Waals surface area contributed by atoms with Gasteiger partial charge in [-0.3, -0.25) is 4.79 Å². The van der Waals surface area contributed by atoms with Gasteiger partial charge in [0, 0.05) is 68.7 Å². The van der Waals surface area contributed by atoms with Gasteiger partial charge in [-0.2, -0.15) is 18.2 Å². The van der Waals surface area contributed by atoms with Gasteiger partial charge in [0.25, 0.3) is 0 Å². The molecule has 5 heterocycles. The summed E-state index contributed by atoms with van der Waals surface area (Å²) in [7, 11) is -3.51. The third kappa shape index (κ3) is 6.66. The summed E-state index contributed by atoms with van der Waals surface area (Å²) >= 11 is 0. The van der Waals surface area contributed by atoms with Crippen LogP contribution < -0.4 is 15.1 Å². The number of sulfone groups is 1. The molecule has 3 aliphatic heterocycles. The van der Waals surface area contributed by atoms with Gasteiger partial charge in [-0.05, 0) is 74.3 Å². The number of fused-ring (bicyclic) bond motifs is 1. The molecular formula is C33H40F3N7O4S. The zero-order valence-corrected chi connectivity index (χ0v) is 27.8. The van der Waals surface area contributed by atoms with Crippen LogP contribution in [-0.4, -0.2) is 90.9 Å². The second-order valence-electron chi connectivity index (χ2n) is 12.7. The first-order chi connectivity index (χ1) is 22.9. The summed E-state index contributed by atoms with van der Waals surface area (Å²) in [6.07, 6.45) is 9.30. The van der Waals surface area contributed by atoms with E-state index >= 15 is 0 Å². The minimum absolute atomic E-state index is 0.154. The Kier molecular flexibility index (Phi) is 9.53. The molecule has 0 aliphatic carbocycles. The number of anilines is 4. The van der Waals surface area contributed by atoms with E-state index in [0.717, 1.165) is 67.2 Å². The smallest absolute Gasteiger partial charge is 0.381 e. The first kappa shape index (κ1) is 33.9. The molecule has 15 heteroatoms. The lowest BCUT2D eigenvalue weighted by molar-refractivity contribution is -0.129. The van der Waals surface area contributed by atoms with Crippen molar-refractivity contribution in [2.75, 3.05) is 54.2 Å². The van der Waals surface area contributed by atoms with E-state index < -0.39 is 33.1 Å². The number of carbonyl (C=O) groups excluding carboxylic acids is 1. The molecule has 0 saturated carbocycles. The fourth-order valence-corrected chi connectivity index (χ4v) is 8.20. The van der Waals surface area contributed by atoms with Crippen LogP contribution in [0.1, 0.15) is 50.6 Å². The summed E-state index contributed by atoms with van der Waals surface area (Å²) in [6.45, 7) is 7.74. The zero-order valence-electron chi connectivity index (χ0n) is 27.0. The highest BCUT2D eigenvalue weighted by Gasteiger charge is 2.50. The molecule has 3 aromatic rings. The number of nitrogens with one attached hydrogen (secondary N) is 1. The van der Waals surface area contributed by atoms with Gasteiger partial charge < -0.3 is 24.8 Å². The fourth-order valence-electron chi connectivity index (χ4n) is 7.06. The first-order valence-corrected chi connectivity index (χ1v) is 17.8. The number of alkyl halides is 3. The topological polar surface area (TPSA) is 121 Å². The lowest BCUT2D eigenvalue weighted by Crippen LogP contribution is -2.58. The summed E-state index contributed by atoms with van der Waals surface area (Å²) in [5.41, 5.74) is -3.63. The molecule has 6 rings (SSSR count). The zero-order chi connectivity index (χ0) is 34.2. The van der Waals surface area contributed by atoms with E-state index in [1.165, 1.54) is 6.08 Å². The summed E-state index contributed by atoms with van der Waals surface area (Å²) in [5, 5.41) is 4.89. The quantitative estimate of drug-likeness (QED) is 0.294. The number of aromatic nitrogens is 3. The lowest BCUT2D eigenvalue weighted by Gasteiger charge is -2.48. The molecule has 1 amide bonds. The molecule has 3 aliphatic rings. The average molecular weight is 688 g/mol. The molecule has 0 bridgehead atoms. The Morgan fingerprint density at radius 1 is 1.08 bits per heavy atom. The highest BCUT2D eigenvalue weighted by molar-refractivity contribution is 7.92. The molecule has 0 radical (unpaired) electrons. The van der Waals surface area contributed by atoms with Crippen molar-refractivity contribution in [2.45, 2.75) is 62.7 Å². The molecule has 1 N–H and O–H groups in total. The second kappa shape index (κ2) is 13.5. The standard InChI is InChI=1S/C33H40F3N7O4S/c1-4-31(44)42-14-6-5-7-27(42)24-8-9-28(43-19-22(21(43)2)20-48(45,46)33(34,35)36)26-18-38-30(17-25(24)26)39-29-10-13-37-32(40-29)41-15-11-23(47-3)12-16-41/h4,8-10,13,17-18,21-23,27H,1,5-7,11-12,14-16,19-20H2,2-3H3,(H,37,38,39,40)/t21-,22-,27+/m1/s1. The maximum absolute atomic E-state index is 13.1. The number of methoxy groups -OCH3 is 1. The van der Waals surface area contributed by atoms with Crippen LogP contribution in [0.15, 0.2) is 49.3 Å². The fraction of sp³-hybridized carbons (Fsp3) is 0.515. The van der Waals surface area contributed by atoms with Crippen LogP contribution in [0.3, 0.4) is 0 Å². The third-order valence-electron chi connectivity index (χ3n) is 9.89. The maximum Gasteiger partial charge on any atom is 0.497 e. The molecule has 0 unspecified atom stereocenters. The largest absolute Gasteiger partial charge is 0.497 e. The van der Waals surface area contributed by atoms with Crippen molar-refractivity contribution in [1.29, 1.82) is 0 Å². The molecule has 0 spiro atoms. The number of piperidine rings is 2. The Bertz CT molecular complexity index is 1780. The summed E-state index contributed by atoms with van der Waals surface area (Å²) in [4.78, 5) is 32.7. The average Bonchev–Trinajstić information content (AvgIpc) is 3.08. The Balaban J connectivity index is 1.33. The molecule has 3 saturated heterocycles. The lowest BCUT2D eigenvalue weighted by atomic mass is 9.87. The highest BCUT2D eigenvalue weighted by Crippen LogP contribution is 2.43. The van der Waals surface area contributed by atoms with Crippen LogP contribution in [0, 0.1) is 5.92 Å². The first-order valence-electron chi connectivity index (χ1n) is 16.2. The number of amides is 1. The SMILES string of the molecule is C=CC(=O)N1CCCC[C@H]1c1ccc(N2C[C@H](CS(=O)(=O)C(F)(F)F)[C@H]2C)c2cnc(Nc3ccnc(N4CCC(OC)CC4)n3)cc12. The molecule has 3 atom stereocenters. The van der Waals surface area contributed by atoms with E-state index in [0.29, 0.717) is 24.1 Å². The Morgan fingerprint density at radius 2 is 1.85 bits per heavy atom. The Hall–Kier alpha value is -3.98. The third-order valence-corrected chi connectivity index (χ3v) is 11.5. The number of nitrogens with zero attached hydrogens (tertiary/aromatic N) is 6. The number of hydrogen-bond donors (Lipinski definition) is 1. The van der Waals surface area contributed by atoms with Crippen LogP contribution in [0.25, 0.3) is 10.8 Å². The molecule has 48 heavy (non-hydrogen) atoms. The van der Waals surface area contributed by atoms with Crippen LogP contribution in [-0.2, 0) is 19.4 Å². The molecular weight excluding hydrogens is 647 g/mol. The van der Waals surface area contributed by atoms with Crippen LogP contribution in [0.4, 0.5) is 36.4 Å². The van der Waals surface area contributed by atoms with Crippen molar-refractivity contribution >= 4 is 49.8 Å². The normalized spacial score (nSPS) is 22.4. The van der Waals surface area contributed by atoms with E-state index in [1.54, 1.807) is 32.5 Å². The van der Waals surface area contributed by atoms with E-state index in [9.17, 15) is 26.4 Å². The van der Waals surface area contributed by atoms with Gasteiger partial charge in [-0.15, -0.1) is 0 Å². The predicted octanol–water partition coefficient (Wildman–Crippen LogP) is 5.38. The van der Waals surface area contributed by atoms with Gasteiger partial charge in [0.2, 0.25) is 21.7 Å². The van der Waals surface area contributed by atoms with Gasteiger partial charge in [-0.1, -0.05) is 12.6 Å². The van der Waals surface area contributed by atoms with Crippen molar-refractivity contribution in [3.63, 3.8) is 0 Å². The predicted molar refractivity (Wildman–Crippen MR) is 178 cm³/mol. The van der Waals surface area contributed by atoms with Crippen LogP contribution in [0.5, 0.6) is 0 Å². The molecule has 258 valence electrons. The number of ether oxygens (including phenoxy) is 1. The molecule has 2 aromatic heterocycles.